The van der Waals surface area contributed by atoms with Gasteiger partial charge in [0.2, 0.25) is 0 Å². The molecular weight excluding hydrogens is 272 g/mol. The summed E-state index contributed by atoms with van der Waals surface area (Å²) in [4.78, 5) is 21.2. The Bertz CT molecular complexity index is 696. The molecule has 1 aliphatic heterocycles. The summed E-state index contributed by atoms with van der Waals surface area (Å²) in [6, 6.07) is 2.52. The molecule has 0 radical (unpaired) electrons. The average molecular weight is 288 g/mol. The SMILES string of the molecule is CSc1ncc2cc3n(c2n1)[C@H]1CCCC[C@@H]1NC3=O. The largest absolute Gasteiger partial charge is 0.346 e. The lowest BCUT2D eigenvalue weighted by Crippen LogP contribution is -2.48. The summed E-state index contributed by atoms with van der Waals surface area (Å²) >= 11 is 1.53. The molecule has 1 aliphatic carbocycles. The van der Waals surface area contributed by atoms with Crippen LogP contribution in [0.25, 0.3) is 11.0 Å². The fourth-order valence-electron chi connectivity index (χ4n) is 3.43. The van der Waals surface area contributed by atoms with Crippen molar-refractivity contribution in [3.63, 3.8) is 0 Å². The highest BCUT2D eigenvalue weighted by Crippen LogP contribution is 2.36. The first-order chi connectivity index (χ1) is 9.78. The number of nitrogens with zero attached hydrogens (tertiary/aromatic N) is 3. The van der Waals surface area contributed by atoms with Crippen molar-refractivity contribution in [2.75, 3.05) is 6.26 Å². The van der Waals surface area contributed by atoms with Crippen molar-refractivity contribution in [3.05, 3.63) is 18.0 Å². The minimum atomic E-state index is 0.0249. The van der Waals surface area contributed by atoms with Gasteiger partial charge in [0.1, 0.15) is 11.3 Å². The van der Waals surface area contributed by atoms with Crippen LogP contribution in [0, 0.1) is 0 Å². The Hall–Kier alpha value is -1.56. The number of amides is 1. The van der Waals surface area contributed by atoms with E-state index in [1.54, 1.807) is 0 Å². The first-order valence-electron chi connectivity index (χ1n) is 7.01. The lowest BCUT2D eigenvalue weighted by molar-refractivity contribution is 0.0855. The predicted molar refractivity (Wildman–Crippen MR) is 78.1 cm³/mol. The third-order valence-corrected chi connectivity index (χ3v) is 4.91. The van der Waals surface area contributed by atoms with E-state index < -0.39 is 0 Å². The molecule has 4 rings (SSSR count). The number of fused-ring (bicyclic) bond motifs is 5. The zero-order valence-corrected chi connectivity index (χ0v) is 12.1. The number of thioether (sulfide) groups is 1. The van der Waals surface area contributed by atoms with Gasteiger partial charge >= 0.3 is 0 Å². The highest BCUT2D eigenvalue weighted by atomic mass is 32.2. The third kappa shape index (κ3) is 1.67. The van der Waals surface area contributed by atoms with E-state index in [-0.39, 0.29) is 11.9 Å². The van der Waals surface area contributed by atoms with Crippen LogP contribution in [0.1, 0.15) is 42.2 Å². The van der Waals surface area contributed by atoms with Crippen LogP contribution in [-0.2, 0) is 0 Å². The van der Waals surface area contributed by atoms with E-state index in [4.69, 9.17) is 0 Å². The summed E-state index contributed by atoms with van der Waals surface area (Å²) in [6.07, 6.45) is 8.38. The molecule has 1 saturated carbocycles. The van der Waals surface area contributed by atoms with Crippen molar-refractivity contribution >= 4 is 28.7 Å². The Labute approximate surface area is 121 Å². The molecule has 2 aromatic rings. The Kier molecular flexibility index (Phi) is 2.73. The van der Waals surface area contributed by atoms with Gasteiger partial charge in [-0.05, 0) is 25.2 Å². The number of nitrogens with one attached hydrogen (secondary N) is 1. The fraction of sp³-hybridized carbons (Fsp3) is 0.500. The van der Waals surface area contributed by atoms with Crippen LogP contribution in [0.3, 0.4) is 0 Å². The van der Waals surface area contributed by atoms with E-state index in [2.05, 4.69) is 19.9 Å². The van der Waals surface area contributed by atoms with E-state index >= 15 is 0 Å². The molecule has 20 heavy (non-hydrogen) atoms. The van der Waals surface area contributed by atoms with E-state index in [1.165, 1.54) is 24.6 Å². The van der Waals surface area contributed by atoms with Gasteiger partial charge in [-0.1, -0.05) is 24.6 Å². The molecular formula is C14H16N4OS. The van der Waals surface area contributed by atoms with Crippen LogP contribution < -0.4 is 5.32 Å². The average Bonchev–Trinajstić information content (AvgIpc) is 2.87. The molecule has 2 atom stereocenters. The molecule has 0 saturated heterocycles. The Balaban J connectivity index is 1.95. The number of carbonyl (C=O) groups excluding carboxylic acids is 1. The van der Waals surface area contributed by atoms with Crippen molar-refractivity contribution < 1.29 is 4.79 Å². The second-order valence-electron chi connectivity index (χ2n) is 5.47. The predicted octanol–water partition coefficient (Wildman–Crippen LogP) is 2.38. The number of carbonyl (C=O) groups is 1. The van der Waals surface area contributed by atoms with E-state index in [1.807, 2.05) is 18.5 Å². The van der Waals surface area contributed by atoms with Crippen molar-refractivity contribution in [1.82, 2.24) is 19.9 Å². The smallest absolute Gasteiger partial charge is 0.268 e. The Morgan fingerprint density at radius 2 is 2.25 bits per heavy atom. The van der Waals surface area contributed by atoms with Crippen LogP contribution in [0.15, 0.2) is 17.4 Å². The molecule has 3 heterocycles. The van der Waals surface area contributed by atoms with Crippen molar-refractivity contribution in [3.8, 4) is 0 Å². The normalized spacial score (nSPS) is 25.1. The molecule has 5 nitrogen and oxygen atoms in total. The van der Waals surface area contributed by atoms with E-state index in [0.29, 0.717) is 6.04 Å². The standard InChI is InChI=1S/C14H16N4OS/c1-20-14-15-7-8-6-11-13(19)16-9-4-2-3-5-10(9)18(11)12(8)17-14/h6-7,9-10H,2-5H2,1H3,(H,16,19)/t9-,10-/m0/s1. The molecule has 0 spiro atoms. The van der Waals surface area contributed by atoms with Crippen LogP contribution in [0.2, 0.25) is 0 Å². The van der Waals surface area contributed by atoms with Crippen LogP contribution in [0.4, 0.5) is 0 Å². The maximum Gasteiger partial charge on any atom is 0.268 e. The molecule has 6 heteroatoms. The molecule has 0 unspecified atom stereocenters. The Morgan fingerprint density at radius 3 is 3.10 bits per heavy atom. The maximum atomic E-state index is 12.3. The molecule has 2 aliphatic rings. The molecule has 1 fully saturated rings. The summed E-state index contributed by atoms with van der Waals surface area (Å²) in [5.74, 6) is 0.0249. The zero-order chi connectivity index (χ0) is 13.7. The monoisotopic (exact) mass is 288 g/mol. The minimum absolute atomic E-state index is 0.0249. The lowest BCUT2D eigenvalue weighted by atomic mass is 9.88. The number of aromatic nitrogens is 3. The molecule has 1 amide bonds. The minimum Gasteiger partial charge on any atom is -0.346 e. The van der Waals surface area contributed by atoms with Crippen LogP contribution >= 0.6 is 11.8 Å². The number of hydrogen-bond donors (Lipinski definition) is 1. The highest BCUT2D eigenvalue weighted by Gasteiger charge is 2.36. The van der Waals surface area contributed by atoms with Gasteiger partial charge in [0.05, 0.1) is 6.04 Å². The van der Waals surface area contributed by atoms with Gasteiger partial charge < -0.3 is 9.88 Å². The number of hydrogen-bond acceptors (Lipinski definition) is 4. The maximum absolute atomic E-state index is 12.3. The first kappa shape index (κ1) is 12.2. The highest BCUT2D eigenvalue weighted by molar-refractivity contribution is 7.98. The van der Waals surface area contributed by atoms with Gasteiger partial charge in [-0.2, -0.15) is 0 Å². The van der Waals surface area contributed by atoms with Crippen molar-refractivity contribution in [1.29, 1.82) is 0 Å². The van der Waals surface area contributed by atoms with E-state index in [0.717, 1.165) is 34.7 Å². The van der Waals surface area contributed by atoms with Gasteiger partial charge in [0.15, 0.2) is 5.16 Å². The molecule has 0 bridgehead atoms. The van der Waals surface area contributed by atoms with Gasteiger partial charge in [-0.15, -0.1) is 0 Å². The van der Waals surface area contributed by atoms with E-state index in [9.17, 15) is 4.79 Å². The van der Waals surface area contributed by atoms with Gasteiger partial charge in [0, 0.05) is 17.6 Å². The zero-order valence-electron chi connectivity index (χ0n) is 11.3. The van der Waals surface area contributed by atoms with Crippen molar-refractivity contribution in [2.24, 2.45) is 0 Å². The Morgan fingerprint density at radius 1 is 1.40 bits per heavy atom. The fourth-order valence-corrected chi connectivity index (χ4v) is 3.77. The lowest BCUT2D eigenvalue weighted by Gasteiger charge is -2.38. The summed E-state index contributed by atoms with van der Waals surface area (Å²) < 4.78 is 2.15. The van der Waals surface area contributed by atoms with Gasteiger partial charge in [0.25, 0.3) is 5.91 Å². The van der Waals surface area contributed by atoms with Gasteiger partial charge in [-0.25, -0.2) is 9.97 Å². The molecule has 104 valence electrons. The summed E-state index contributed by atoms with van der Waals surface area (Å²) in [7, 11) is 0. The molecule has 1 N–H and O–H groups in total. The summed E-state index contributed by atoms with van der Waals surface area (Å²) in [5, 5.41) is 4.87. The number of rotatable bonds is 1. The summed E-state index contributed by atoms with van der Waals surface area (Å²) in [5.41, 5.74) is 1.64. The quantitative estimate of drug-likeness (QED) is 0.646. The van der Waals surface area contributed by atoms with Crippen LogP contribution in [0.5, 0.6) is 0 Å². The second kappa shape index (κ2) is 4.48. The van der Waals surface area contributed by atoms with Crippen molar-refractivity contribution in [2.45, 2.75) is 42.9 Å². The second-order valence-corrected chi connectivity index (χ2v) is 6.24. The summed E-state index contributed by atoms with van der Waals surface area (Å²) in [6.45, 7) is 0. The van der Waals surface area contributed by atoms with Gasteiger partial charge in [-0.3, -0.25) is 4.79 Å². The first-order valence-corrected chi connectivity index (χ1v) is 8.23. The molecule has 2 aromatic heterocycles. The topological polar surface area (TPSA) is 59.8 Å². The third-order valence-electron chi connectivity index (χ3n) is 4.35. The van der Waals surface area contributed by atoms with Crippen LogP contribution in [-0.4, -0.2) is 32.7 Å². The molecule has 0 aromatic carbocycles.